The Morgan fingerprint density at radius 1 is 1.09 bits per heavy atom. The van der Waals surface area contributed by atoms with Crippen LogP contribution in [0.4, 0.5) is 5.95 Å². The summed E-state index contributed by atoms with van der Waals surface area (Å²) in [6.45, 7) is 7.99. The number of anilines is 1. The van der Waals surface area contributed by atoms with Crippen molar-refractivity contribution < 1.29 is 9.00 Å². The lowest BCUT2D eigenvalue weighted by Gasteiger charge is -2.39. The van der Waals surface area contributed by atoms with Gasteiger partial charge in [0, 0.05) is 66.9 Å². The second-order valence-corrected chi connectivity index (χ2v) is 12.9. The Hall–Kier alpha value is -2.43. The maximum atomic E-state index is 12.1. The molecule has 3 heterocycles. The number of carbonyl (C=O) groups excluding carboxylic acids is 1. The van der Waals surface area contributed by atoms with Crippen LogP contribution in [0.2, 0.25) is 0 Å². The summed E-state index contributed by atoms with van der Waals surface area (Å²) >= 11 is 1.68. The molecule has 0 spiro atoms. The minimum absolute atomic E-state index is 0.255. The number of nitrogens with zero attached hydrogens (tertiary/aromatic N) is 6. The molecule has 4 rings (SSSR count). The first-order chi connectivity index (χ1) is 16.2. The number of rotatable bonds is 7. The molecule has 1 saturated heterocycles. The van der Waals surface area contributed by atoms with Gasteiger partial charge in [-0.05, 0) is 36.5 Å². The molecule has 2 aromatic heterocycles. The molecule has 3 aromatic rings. The van der Waals surface area contributed by atoms with E-state index in [4.69, 9.17) is 0 Å². The second-order valence-electron chi connectivity index (χ2n) is 9.44. The van der Waals surface area contributed by atoms with Crippen LogP contribution in [0.25, 0.3) is 10.2 Å². The van der Waals surface area contributed by atoms with E-state index in [0.717, 1.165) is 38.1 Å². The van der Waals surface area contributed by atoms with Crippen molar-refractivity contribution in [3.05, 3.63) is 47.2 Å². The number of piperazine rings is 1. The first-order valence-corrected chi connectivity index (χ1v) is 14.8. The molecule has 34 heavy (non-hydrogen) atoms. The number of amides is 1. The molecule has 0 bridgehead atoms. The molecule has 182 valence electrons. The zero-order valence-corrected chi connectivity index (χ0v) is 21.8. The number of hydrogen-bond acceptors (Lipinski definition) is 8. The van der Waals surface area contributed by atoms with E-state index in [1.165, 1.54) is 41.6 Å². The SMILES string of the molecule is CC(C)CCC(c1ccc2scnc2c1)N1CCN(c2ncc(C(=O)N=S(C)(C)=O)cn2)CC1. The number of fused-ring (bicyclic) bond motifs is 1. The third-order valence-electron chi connectivity index (χ3n) is 5.98. The maximum Gasteiger partial charge on any atom is 0.288 e. The monoisotopic (exact) mass is 500 g/mol. The summed E-state index contributed by atoms with van der Waals surface area (Å²) < 4.78 is 16.7. The lowest BCUT2D eigenvalue weighted by Crippen LogP contribution is -2.48. The number of benzene rings is 1. The van der Waals surface area contributed by atoms with Gasteiger partial charge in [0.05, 0.1) is 21.3 Å². The van der Waals surface area contributed by atoms with Crippen molar-refractivity contribution in [1.29, 1.82) is 0 Å². The fourth-order valence-electron chi connectivity index (χ4n) is 4.21. The lowest BCUT2D eigenvalue weighted by atomic mass is 9.95. The van der Waals surface area contributed by atoms with Crippen molar-refractivity contribution >= 4 is 43.1 Å². The van der Waals surface area contributed by atoms with E-state index in [2.05, 4.69) is 61.2 Å². The number of thiazole rings is 1. The molecule has 1 aliphatic heterocycles. The van der Waals surface area contributed by atoms with Crippen LogP contribution in [-0.4, -0.2) is 68.7 Å². The van der Waals surface area contributed by atoms with Gasteiger partial charge in [-0.25, -0.2) is 19.2 Å². The Morgan fingerprint density at radius 3 is 2.44 bits per heavy atom. The van der Waals surface area contributed by atoms with Crippen LogP contribution >= 0.6 is 11.3 Å². The Morgan fingerprint density at radius 2 is 1.79 bits per heavy atom. The van der Waals surface area contributed by atoms with E-state index < -0.39 is 15.6 Å². The van der Waals surface area contributed by atoms with E-state index in [9.17, 15) is 9.00 Å². The van der Waals surface area contributed by atoms with Crippen LogP contribution in [0.15, 0.2) is 40.5 Å². The standard InChI is InChI=1S/C24H32N6O2S2/c1-17(2)5-7-21(18-6-8-22-20(13-18)27-16-33-22)29-9-11-30(12-10-29)24-25-14-19(15-26-24)23(31)28-34(3,4)32/h6,8,13-17,21H,5,7,9-12H2,1-4H3. The van der Waals surface area contributed by atoms with E-state index in [0.29, 0.717) is 17.9 Å². The zero-order chi connectivity index (χ0) is 24.3. The van der Waals surface area contributed by atoms with Crippen LogP contribution in [0.5, 0.6) is 0 Å². The van der Waals surface area contributed by atoms with Gasteiger partial charge in [0.25, 0.3) is 5.91 Å². The van der Waals surface area contributed by atoms with Gasteiger partial charge in [-0.3, -0.25) is 9.69 Å². The topological polar surface area (TPSA) is 91.7 Å². The van der Waals surface area contributed by atoms with Gasteiger partial charge >= 0.3 is 0 Å². The van der Waals surface area contributed by atoms with Crippen LogP contribution in [0.3, 0.4) is 0 Å². The quantitative estimate of drug-likeness (QED) is 0.479. The first-order valence-electron chi connectivity index (χ1n) is 11.6. The summed E-state index contributed by atoms with van der Waals surface area (Å²) in [5.41, 5.74) is 4.57. The molecule has 8 nitrogen and oxygen atoms in total. The number of carbonyl (C=O) groups is 1. The lowest BCUT2D eigenvalue weighted by molar-refractivity contribution is 0.100. The molecular weight excluding hydrogens is 468 g/mol. The minimum atomic E-state index is -2.51. The highest BCUT2D eigenvalue weighted by atomic mass is 32.2. The van der Waals surface area contributed by atoms with Gasteiger partial charge in [0.1, 0.15) is 0 Å². The zero-order valence-electron chi connectivity index (χ0n) is 20.2. The maximum absolute atomic E-state index is 12.1. The molecule has 0 radical (unpaired) electrons. The predicted octanol–water partition coefficient (Wildman–Crippen LogP) is 4.25. The molecule has 1 amide bonds. The largest absolute Gasteiger partial charge is 0.338 e. The van der Waals surface area contributed by atoms with Crippen molar-refractivity contribution in [1.82, 2.24) is 19.9 Å². The fourth-order valence-corrected chi connectivity index (χ4v) is 5.38. The molecule has 1 aromatic carbocycles. The van der Waals surface area contributed by atoms with Gasteiger partial charge in [-0.2, -0.15) is 4.36 Å². The van der Waals surface area contributed by atoms with Gasteiger partial charge in [0.2, 0.25) is 5.95 Å². The molecule has 1 aliphatic rings. The highest BCUT2D eigenvalue weighted by Gasteiger charge is 2.26. The van der Waals surface area contributed by atoms with Gasteiger partial charge in [-0.1, -0.05) is 19.9 Å². The first kappa shape index (κ1) is 24.7. The molecule has 0 saturated carbocycles. The Balaban J connectivity index is 1.45. The summed E-state index contributed by atoms with van der Waals surface area (Å²) in [6.07, 6.45) is 8.10. The molecule has 1 unspecified atom stereocenters. The van der Waals surface area contributed by atoms with Gasteiger partial charge < -0.3 is 4.90 Å². The summed E-state index contributed by atoms with van der Waals surface area (Å²) in [6, 6.07) is 7.06. The van der Waals surface area contributed by atoms with Crippen molar-refractivity contribution in [3.8, 4) is 0 Å². The van der Waals surface area contributed by atoms with Crippen LogP contribution < -0.4 is 4.90 Å². The second kappa shape index (κ2) is 10.5. The van der Waals surface area contributed by atoms with E-state index in [-0.39, 0.29) is 5.56 Å². The Kier molecular flexibility index (Phi) is 7.59. The van der Waals surface area contributed by atoms with E-state index in [1.54, 1.807) is 11.3 Å². The van der Waals surface area contributed by atoms with Crippen LogP contribution in [0, 0.1) is 5.92 Å². The summed E-state index contributed by atoms with van der Waals surface area (Å²) in [5, 5.41) is 0. The van der Waals surface area contributed by atoms with Crippen LogP contribution in [0.1, 0.15) is 48.7 Å². The van der Waals surface area contributed by atoms with Crippen molar-refractivity contribution in [2.45, 2.75) is 32.7 Å². The minimum Gasteiger partial charge on any atom is -0.338 e. The Bertz CT molecular complexity index is 1250. The van der Waals surface area contributed by atoms with Crippen molar-refractivity contribution in [2.75, 3.05) is 43.6 Å². The van der Waals surface area contributed by atoms with Gasteiger partial charge in [0.15, 0.2) is 0 Å². The highest BCUT2D eigenvalue weighted by molar-refractivity contribution is 7.92. The summed E-state index contributed by atoms with van der Waals surface area (Å²) in [4.78, 5) is 30.1. The highest BCUT2D eigenvalue weighted by Crippen LogP contribution is 2.31. The molecule has 1 fully saturated rings. The number of hydrogen-bond donors (Lipinski definition) is 0. The smallest absolute Gasteiger partial charge is 0.288 e. The van der Waals surface area contributed by atoms with Gasteiger partial charge in [-0.15, -0.1) is 11.3 Å². The molecular formula is C24H32N6O2S2. The third-order valence-corrected chi connectivity index (χ3v) is 7.40. The molecule has 10 heteroatoms. The average molecular weight is 501 g/mol. The fraction of sp³-hybridized carbons (Fsp3) is 0.500. The summed E-state index contributed by atoms with van der Waals surface area (Å²) in [5.74, 6) is 0.714. The van der Waals surface area contributed by atoms with E-state index >= 15 is 0 Å². The molecule has 0 aliphatic carbocycles. The average Bonchev–Trinajstić information content (AvgIpc) is 3.26. The third kappa shape index (κ3) is 6.17. The van der Waals surface area contributed by atoms with E-state index in [1.807, 2.05) is 5.51 Å². The van der Waals surface area contributed by atoms with Crippen molar-refractivity contribution in [3.63, 3.8) is 0 Å². The van der Waals surface area contributed by atoms with Crippen molar-refractivity contribution in [2.24, 2.45) is 10.3 Å². The normalized spacial score (nSPS) is 16.2. The predicted molar refractivity (Wildman–Crippen MR) is 139 cm³/mol. The summed E-state index contributed by atoms with van der Waals surface area (Å²) in [7, 11) is -2.51. The Labute approximate surface area is 205 Å². The number of aromatic nitrogens is 3. The molecule has 0 N–H and O–H groups in total. The van der Waals surface area contributed by atoms with Crippen LogP contribution in [-0.2, 0) is 9.73 Å². The molecule has 1 atom stereocenters.